The van der Waals surface area contributed by atoms with Crippen LogP contribution in [0.4, 0.5) is 13.2 Å². The van der Waals surface area contributed by atoms with Crippen LogP contribution >= 0.6 is 0 Å². The number of halogens is 3. The third-order valence-electron chi connectivity index (χ3n) is 1.99. The normalized spacial score (nSPS) is 11.4. The molecule has 0 radical (unpaired) electrons. The zero-order valence-electron chi connectivity index (χ0n) is 8.76. The molecule has 0 aliphatic carbocycles. The van der Waals surface area contributed by atoms with E-state index in [1.807, 2.05) is 0 Å². The van der Waals surface area contributed by atoms with Crippen LogP contribution in [-0.4, -0.2) is 18.5 Å². The molecule has 0 amide bonds. The Bertz CT molecular complexity index is 380. The first-order chi connectivity index (χ1) is 7.39. The highest BCUT2D eigenvalue weighted by Crippen LogP contribution is 2.34. The van der Waals surface area contributed by atoms with E-state index in [2.05, 4.69) is 9.72 Å². The number of alkyl halides is 3. The Kier molecular flexibility index (Phi) is 3.58. The van der Waals surface area contributed by atoms with Crippen LogP contribution in [0, 0.1) is 6.92 Å². The van der Waals surface area contributed by atoms with Crippen LogP contribution in [0.1, 0.15) is 11.1 Å². The Hall–Kier alpha value is -1.50. The third kappa shape index (κ3) is 2.75. The van der Waals surface area contributed by atoms with E-state index in [0.717, 1.165) is 0 Å². The van der Waals surface area contributed by atoms with Gasteiger partial charge in [-0.25, -0.2) is 4.98 Å². The van der Waals surface area contributed by atoms with Gasteiger partial charge in [0, 0.05) is 18.3 Å². The van der Waals surface area contributed by atoms with Gasteiger partial charge in [0.25, 0.3) is 5.88 Å². The van der Waals surface area contributed by atoms with Gasteiger partial charge in [-0.1, -0.05) is 0 Å². The first kappa shape index (κ1) is 12.6. The van der Waals surface area contributed by atoms with Crippen LogP contribution in [0.3, 0.4) is 0 Å². The fraction of sp³-hybridized carbons (Fsp3) is 0.444. The van der Waals surface area contributed by atoms with Gasteiger partial charge in [0.2, 0.25) is 0 Å². The lowest BCUT2D eigenvalue weighted by molar-refractivity contribution is -0.275. The van der Waals surface area contributed by atoms with E-state index in [4.69, 9.17) is 10.5 Å². The predicted molar refractivity (Wildman–Crippen MR) is 50.1 cm³/mol. The summed E-state index contributed by atoms with van der Waals surface area (Å²) >= 11 is 0. The van der Waals surface area contributed by atoms with Gasteiger partial charge < -0.3 is 15.2 Å². The molecule has 16 heavy (non-hydrogen) atoms. The van der Waals surface area contributed by atoms with Crippen molar-refractivity contribution in [3.8, 4) is 11.6 Å². The molecule has 7 heteroatoms. The number of hydrogen-bond donors (Lipinski definition) is 1. The lowest BCUT2D eigenvalue weighted by atomic mass is 10.1. The maximum absolute atomic E-state index is 12.1. The number of ether oxygens (including phenoxy) is 2. The van der Waals surface area contributed by atoms with E-state index in [1.165, 1.54) is 20.2 Å². The molecule has 0 aliphatic rings. The van der Waals surface area contributed by atoms with Crippen LogP contribution in [0.5, 0.6) is 11.6 Å². The highest BCUT2D eigenvalue weighted by molar-refractivity contribution is 5.45. The summed E-state index contributed by atoms with van der Waals surface area (Å²) in [5, 5.41) is 0. The van der Waals surface area contributed by atoms with Crippen molar-refractivity contribution < 1.29 is 22.6 Å². The van der Waals surface area contributed by atoms with Gasteiger partial charge in [0.1, 0.15) is 0 Å². The molecule has 4 nitrogen and oxygen atoms in total. The largest absolute Gasteiger partial charge is 0.573 e. The summed E-state index contributed by atoms with van der Waals surface area (Å²) in [5.74, 6) is -0.662. The van der Waals surface area contributed by atoms with Crippen molar-refractivity contribution in [3.05, 3.63) is 17.3 Å². The molecular formula is C9H11F3N2O2. The fourth-order valence-corrected chi connectivity index (χ4v) is 1.19. The van der Waals surface area contributed by atoms with Gasteiger partial charge in [-0.05, 0) is 12.5 Å². The monoisotopic (exact) mass is 236 g/mol. The van der Waals surface area contributed by atoms with E-state index in [9.17, 15) is 13.2 Å². The molecule has 0 unspecified atom stereocenters. The Morgan fingerprint density at radius 3 is 2.50 bits per heavy atom. The van der Waals surface area contributed by atoms with E-state index in [0.29, 0.717) is 5.56 Å². The zero-order valence-corrected chi connectivity index (χ0v) is 8.76. The van der Waals surface area contributed by atoms with Gasteiger partial charge in [0.05, 0.1) is 7.11 Å². The molecule has 0 bridgehead atoms. The molecule has 0 aromatic carbocycles. The quantitative estimate of drug-likeness (QED) is 0.868. The van der Waals surface area contributed by atoms with Gasteiger partial charge >= 0.3 is 6.36 Å². The minimum absolute atomic E-state index is 0.0804. The number of pyridine rings is 1. The summed E-state index contributed by atoms with van der Waals surface area (Å²) in [5.41, 5.74) is 6.10. The Balaban J connectivity index is 3.21. The summed E-state index contributed by atoms with van der Waals surface area (Å²) in [6.45, 7) is 1.55. The number of rotatable bonds is 3. The lowest BCUT2D eigenvalue weighted by Gasteiger charge is -2.15. The Morgan fingerprint density at radius 2 is 2.06 bits per heavy atom. The third-order valence-corrected chi connectivity index (χ3v) is 1.99. The van der Waals surface area contributed by atoms with Crippen LogP contribution in [0.25, 0.3) is 0 Å². The van der Waals surface area contributed by atoms with Gasteiger partial charge in [0.15, 0.2) is 5.75 Å². The van der Waals surface area contributed by atoms with Crippen LogP contribution in [0.15, 0.2) is 6.20 Å². The molecule has 0 atom stereocenters. The summed E-state index contributed by atoms with van der Waals surface area (Å²) in [7, 11) is 1.22. The highest BCUT2D eigenvalue weighted by atomic mass is 19.4. The highest BCUT2D eigenvalue weighted by Gasteiger charge is 2.34. The van der Waals surface area contributed by atoms with Gasteiger partial charge in [-0.2, -0.15) is 0 Å². The number of aromatic nitrogens is 1. The minimum atomic E-state index is -4.78. The predicted octanol–water partition coefficient (Wildman–Crippen LogP) is 1.76. The summed E-state index contributed by atoms with van der Waals surface area (Å²) in [4.78, 5) is 3.69. The van der Waals surface area contributed by atoms with E-state index in [-0.39, 0.29) is 18.0 Å². The molecule has 0 fully saturated rings. The SMILES string of the molecule is COc1ncc(CN)c(C)c1OC(F)(F)F. The Labute approximate surface area is 90.2 Å². The number of hydrogen-bond acceptors (Lipinski definition) is 4. The molecule has 1 aromatic rings. The number of methoxy groups -OCH3 is 1. The second kappa shape index (κ2) is 4.56. The lowest BCUT2D eigenvalue weighted by Crippen LogP contribution is -2.19. The molecule has 0 spiro atoms. The standard InChI is InChI=1S/C9H11F3N2O2/c1-5-6(3-13)4-14-8(15-2)7(5)16-9(10,11)12/h4H,3,13H2,1-2H3. The van der Waals surface area contributed by atoms with Crippen molar-refractivity contribution >= 4 is 0 Å². The van der Waals surface area contributed by atoms with Crippen molar-refractivity contribution in [1.82, 2.24) is 4.98 Å². The molecule has 0 aliphatic heterocycles. The van der Waals surface area contributed by atoms with Gasteiger partial charge in [-0.3, -0.25) is 0 Å². The molecule has 0 saturated heterocycles. The summed E-state index contributed by atoms with van der Waals surface area (Å²) in [6, 6.07) is 0. The fourth-order valence-electron chi connectivity index (χ4n) is 1.19. The molecule has 1 rings (SSSR count). The maximum Gasteiger partial charge on any atom is 0.573 e. The van der Waals surface area contributed by atoms with E-state index < -0.39 is 12.1 Å². The van der Waals surface area contributed by atoms with E-state index >= 15 is 0 Å². The van der Waals surface area contributed by atoms with Crippen molar-refractivity contribution in [2.75, 3.05) is 7.11 Å². The average molecular weight is 236 g/mol. The first-order valence-corrected chi connectivity index (χ1v) is 4.37. The molecule has 1 heterocycles. The maximum atomic E-state index is 12.1. The number of nitrogens with zero attached hydrogens (tertiary/aromatic N) is 1. The van der Waals surface area contributed by atoms with Crippen molar-refractivity contribution in [1.29, 1.82) is 0 Å². The zero-order chi connectivity index (χ0) is 12.3. The summed E-state index contributed by atoms with van der Waals surface area (Å²) in [6.07, 6.45) is -3.43. The topological polar surface area (TPSA) is 57.4 Å². The Morgan fingerprint density at radius 1 is 1.44 bits per heavy atom. The van der Waals surface area contributed by atoms with E-state index in [1.54, 1.807) is 0 Å². The van der Waals surface area contributed by atoms with Crippen LogP contribution in [0.2, 0.25) is 0 Å². The summed E-state index contributed by atoms with van der Waals surface area (Å²) < 4.78 is 45.0. The molecule has 2 N–H and O–H groups in total. The second-order valence-electron chi connectivity index (χ2n) is 3.00. The van der Waals surface area contributed by atoms with Crippen LogP contribution < -0.4 is 15.2 Å². The average Bonchev–Trinajstić information content (AvgIpc) is 2.19. The minimum Gasteiger partial charge on any atom is -0.478 e. The second-order valence-corrected chi connectivity index (χ2v) is 3.00. The van der Waals surface area contributed by atoms with Crippen molar-refractivity contribution in [2.24, 2.45) is 5.73 Å². The smallest absolute Gasteiger partial charge is 0.478 e. The first-order valence-electron chi connectivity index (χ1n) is 4.37. The number of nitrogens with two attached hydrogens (primary N) is 1. The molecule has 0 saturated carbocycles. The molecular weight excluding hydrogens is 225 g/mol. The van der Waals surface area contributed by atoms with Crippen molar-refractivity contribution in [3.63, 3.8) is 0 Å². The van der Waals surface area contributed by atoms with Gasteiger partial charge in [-0.15, -0.1) is 13.2 Å². The molecule has 1 aromatic heterocycles. The van der Waals surface area contributed by atoms with Crippen molar-refractivity contribution in [2.45, 2.75) is 19.8 Å². The van der Waals surface area contributed by atoms with Crippen LogP contribution in [-0.2, 0) is 6.54 Å². The molecule has 90 valence electrons.